The SMILES string of the molecule is CCCCCCCCC(OCC(C)C)C(O)CCCCCCCC(=O)OC. The topological polar surface area (TPSA) is 55.8 Å². The number of carbonyl (C=O) groups is 1. The molecular weight excluding hydrogens is 340 g/mol. The predicted octanol–water partition coefficient (Wildman–Crippen LogP) is 6.04. The van der Waals surface area contributed by atoms with Gasteiger partial charge in [-0.1, -0.05) is 85.0 Å². The van der Waals surface area contributed by atoms with Gasteiger partial charge in [-0.05, 0) is 25.2 Å². The first-order chi connectivity index (χ1) is 13.0. The molecule has 0 saturated heterocycles. The van der Waals surface area contributed by atoms with Crippen LogP contribution in [0.2, 0.25) is 0 Å². The van der Waals surface area contributed by atoms with E-state index < -0.39 is 0 Å². The van der Waals surface area contributed by atoms with Gasteiger partial charge in [-0.15, -0.1) is 0 Å². The first kappa shape index (κ1) is 26.4. The number of ether oxygens (including phenoxy) is 2. The highest BCUT2D eigenvalue weighted by Gasteiger charge is 2.19. The number of hydrogen-bond donors (Lipinski definition) is 1. The Hall–Kier alpha value is -0.610. The van der Waals surface area contributed by atoms with Gasteiger partial charge < -0.3 is 14.6 Å². The van der Waals surface area contributed by atoms with Crippen LogP contribution in [0, 0.1) is 5.92 Å². The normalized spacial score (nSPS) is 13.7. The Morgan fingerprint density at radius 3 is 2.00 bits per heavy atom. The predicted molar refractivity (Wildman–Crippen MR) is 113 cm³/mol. The number of esters is 1. The molecule has 1 N–H and O–H groups in total. The molecule has 2 unspecified atom stereocenters. The zero-order chi connectivity index (χ0) is 20.3. The number of rotatable bonds is 19. The van der Waals surface area contributed by atoms with Crippen molar-refractivity contribution in [2.24, 2.45) is 5.92 Å². The van der Waals surface area contributed by atoms with Crippen LogP contribution in [0.3, 0.4) is 0 Å². The van der Waals surface area contributed by atoms with E-state index in [-0.39, 0.29) is 18.2 Å². The van der Waals surface area contributed by atoms with Crippen LogP contribution in [0.1, 0.15) is 111 Å². The molecule has 0 aliphatic carbocycles. The average Bonchev–Trinajstić information content (AvgIpc) is 2.65. The number of carbonyl (C=O) groups excluding carboxylic acids is 1. The lowest BCUT2D eigenvalue weighted by Crippen LogP contribution is -2.30. The first-order valence-electron chi connectivity index (χ1n) is 11.4. The minimum absolute atomic E-state index is 0.0158. The zero-order valence-electron chi connectivity index (χ0n) is 18.5. The largest absolute Gasteiger partial charge is 0.469 e. The Kier molecular flexibility index (Phi) is 18.3. The second-order valence-corrected chi connectivity index (χ2v) is 8.27. The number of hydrogen-bond acceptors (Lipinski definition) is 4. The van der Waals surface area contributed by atoms with Crippen LogP contribution in [-0.4, -0.2) is 37.0 Å². The smallest absolute Gasteiger partial charge is 0.305 e. The Morgan fingerprint density at radius 1 is 0.852 bits per heavy atom. The van der Waals surface area contributed by atoms with E-state index in [2.05, 4.69) is 25.5 Å². The van der Waals surface area contributed by atoms with E-state index in [1.165, 1.54) is 39.2 Å². The lowest BCUT2D eigenvalue weighted by atomic mass is 9.99. The third kappa shape index (κ3) is 17.2. The van der Waals surface area contributed by atoms with E-state index >= 15 is 0 Å². The van der Waals surface area contributed by atoms with Crippen molar-refractivity contribution >= 4 is 5.97 Å². The minimum atomic E-state index is -0.352. The molecule has 162 valence electrons. The van der Waals surface area contributed by atoms with Crippen LogP contribution < -0.4 is 0 Å². The maximum Gasteiger partial charge on any atom is 0.305 e. The van der Waals surface area contributed by atoms with Crippen LogP contribution in [-0.2, 0) is 14.3 Å². The van der Waals surface area contributed by atoms with Gasteiger partial charge in [0.25, 0.3) is 0 Å². The molecule has 0 radical (unpaired) electrons. The summed E-state index contributed by atoms with van der Waals surface area (Å²) in [5.41, 5.74) is 0. The van der Waals surface area contributed by atoms with Gasteiger partial charge in [0.15, 0.2) is 0 Å². The summed E-state index contributed by atoms with van der Waals surface area (Å²) in [6.07, 6.45) is 14.7. The van der Waals surface area contributed by atoms with Crippen molar-refractivity contribution in [1.82, 2.24) is 0 Å². The number of unbranched alkanes of at least 4 members (excludes halogenated alkanes) is 9. The van der Waals surface area contributed by atoms with Gasteiger partial charge in [0.05, 0.1) is 19.3 Å². The lowest BCUT2D eigenvalue weighted by Gasteiger charge is -2.24. The highest BCUT2D eigenvalue weighted by atomic mass is 16.5. The minimum Gasteiger partial charge on any atom is -0.469 e. The molecule has 0 amide bonds. The highest BCUT2D eigenvalue weighted by Crippen LogP contribution is 2.18. The van der Waals surface area contributed by atoms with Gasteiger partial charge in [-0.3, -0.25) is 4.79 Å². The van der Waals surface area contributed by atoms with E-state index in [1.54, 1.807) is 0 Å². The van der Waals surface area contributed by atoms with Gasteiger partial charge in [0.1, 0.15) is 0 Å². The van der Waals surface area contributed by atoms with Gasteiger partial charge in [0, 0.05) is 13.0 Å². The monoisotopic (exact) mass is 386 g/mol. The van der Waals surface area contributed by atoms with Crippen molar-refractivity contribution in [1.29, 1.82) is 0 Å². The van der Waals surface area contributed by atoms with Crippen LogP contribution in [0.25, 0.3) is 0 Å². The Morgan fingerprint density at radius 2 is 1.41 bits per heavy atom. The van der Waals surface area contributed by atoms with Crippen LogP contribution in [0.5, 0.6) is 0 Å². The van der Waals surface area contributed by atoms with E-state index in [0.717, 1.165) is 58.0 Å². The number of aliphatic hydroxyl groups is 1. The van der Waals surface area contributed by atoms with E-state index in [9.17, 15) is 9.90 Å². The Balaban J connectivity index is 3.93. The number of aliphatic hydroxyl groups excluding tert-OH is 1. The molecule has 0 aromatic carbocycles. The van der Waals surface area contributed by atoms with E-state index in [1.807, 2.05) is 0 Å². The second kappa shape index (κ2) is 18.7. The molecule has 0 aliphatic rings. The molecule has 0 fully saturated rings. The van der Waals surface area contributed by atoms with E-state index in [0.29, 0.717) is 12.3 Å². The lowest BCUT2D eigenvalue weighted by molar-refractivity contribution is -0.140. The first-order valence-corrected chi connectivity index (χ1v) is 11.4. The van der Waals surface area contributed by atoms with Crippen molar-refractivity contribution in [3.63, 3.8) is 0 Å². The van der Waals surface area contributed by atoms with Crippen LogP contribution in [0.4, 0.5) is 0 Å². The summed E-state index contributed by atoms with van der Waals surface area (Å²) in [6.45, 7) is 7.28. The van der Waals surface area contributed by atoms with Gasteiger partial charge >= 0.3 is 5.97 Å². The molecule has 0 rings (SSSR count). The van der Waals surface area contributed by atoms with E-state index in [4.69, 9.17) is 4.74 Å². The molecule has 0 spiro atoms. The molecule has 4 nitrogen and oxygen atoms in total. The summed E-state index contributed by atoms with van der Waals surface area (Å²) in [4.78, 5) is 11.1. The molecule has 0 aromatic heterocycles. The van der Waals surface area contributed by atoms with Crippen molar-refractivity contribution in [3.8, 4) is 0 Å². The Bertz CT molecular complexity index is 330. The highest BCUT2D eigenvalue weighted by molar-refractivity contribution is 5.68. The Labute approximate surface area is 168 Å². The molecular formula is C23H46O4. The van der Waals surface area contributed by atoms with Crippen molar-refractivity contribution in [3.05, 3.63) is 0 Å². The van der Waals surface area contributed by atoms with Crippen molar-refractivity contribution < 1.29 is 19.4 Å². The van der Waals surface area contributed by atoms with Crippen molar-refractivity contribution in [2.45, 2.75) is 123 Å². The van der Waals surface area contributed by atoms with Gasteiger partial charge in [-0.25, -0.2) is 0 Å². The third-order valence-electron chi connectivity index (χ3n) is 5.02. The molecule has 0 aromatic rings. The maximum atomic E-state index is 11.1. The molecule has 0 aliphatic heterocycles. The molecule has 0 heterocycles. The summed E-state index contributed by atoms with van der Waals surface area (Å²) in [6, 6.07) is 0. The maximum absolute atomic E-state index is 11.1. The standard InChI is InChI=1S/C23H46O4/c1-5-6-7-8-11-14-17-22(27-19-20(2)3)21(24)16-13-10-9-12-15-18-23(25)26-4/h20-22,24H,5-19H2,1-4H3. The fraction of sp³-hybridized carbons (Fsp3) is 0.957. The van der Waals surface area contributed by atoms with Crippen molar-refractivity contribution in [2.75, 3.05) is 13.7 Å². The molecule has 0 saturated carbocycles. The number of methoxy groups -OCH3 is 1. The van der Waals surface area contributed by atoms with Crippen LogP contribution >= 0.6 is 0 Å². The second-order valence-electron chi connectivity index (χ2n) is 8.27. The summed E-state index contributed by atoms with van der Waals surface area (Å²) in [5.74, 6) is 0.379. The summed E-state index contributed by atoms with van der Waals surface area (Å²) < 4.78 is 10.7. The summed E-state index contributed by atoms with van der Waals surface area (Å²) in [7, 11) is 1.44. The summed E-state index contributed by atoms with van der Waals surface area (Å²) >= 11 is 0. The third-order valence-corrected chi connectivity index (χ3v) is 5.02. The molecule has 0 bridgehead atoms. The quantitative estimate of drug-likeness (QED) is 0.217. The van der Waals surface area contributed by atoms with Gasteiger partial charge in [0.2, 0.25) is 0 Å². The fourth-order valence-electron chi connectivity index (χ4n) is 3.27. The fourth-order valence-corrected chi connectivity index (χ4v) is 3.27. The summed E-state index contributed by atoms with van der Waals surface area (Å²) in [5, 5.41) is 10.6. The molecule has 2 atom stereocenters. The van der Waals surface area contributed by atoms with Gasteiger partial charge in [-0.2, -0.15) is 0 Å². The zero-order valence-corrected chi connectivity index (χ0v) is 18.5. The van der Waals surface area contributed by atoms with Crippen LogP contribution in [0.15, 0.2) is 0 Å². The molecule has 4 heteroatoms. The average molecular weight is 387 g/mol. The molecule has 27 heavy (non-hydrogen) atoms.